The number of aliphatic hydroxyl groups is 1. The third-order valence-electron chi connectivity index (χ3n) is 2.61. The van der Waals surface area contributed by atoms with Crippen molar-refractivity contribution in [2.24, 2.45) is 0 Å². The molecule has 0 fully saturated rings. The minimum Gasteiger partial charge on any atom is -0.494 e. The molecule has 1 unspecified atom stereocenters. The molecular weight excluding hydrogens is 330 g/mol. The molecule has 0 aliphatic rings. The van der Waals surface area contributed by atoms with Crippen molar-refractivity contribution in [2.75, 3.05) is 6.61 Å². The Kier molecular flexibility index (Phi) is 4.80. The van der Waals surface area contributed by atoms with Crippen LogP contribution in [0.25, 0.3) is 0 Å². The first kappa shape index (κ1) is 14.3. The fourth-order valence-corrected chi connectivity index (χ4v) is 2.20. The Morgan fingerprint density at radius 3 is 2.74 bits per heavy atom. The summed E-state index contributed by atoms with van der Waals surface area (Å²) < 4.78 is 6.22. The molecular formula is C14H13BrClNO2. The fraction of sp³-hybridized carbons (Fsp3) is 0.214. The average molecular weight is 343 g/mol. The summed E-state index contributed by atoms with van der Waals surface area (Å²) in [6, 6.07) is 8.81. The number of hydrogen-bond donors (Lipinski definition) is 1. The van der Waals surface area contributed by atoms with Crippen molar-refractivity contribution < 1.29 is 9.84 Å². The van der Waals surface area contributed by atoms with E-state index >= 15 is 0 Å². The lowest BCUT2D eigenvalue weighted by atomic mass is 10.1. The molecule has 2 aromatic rings. The lowest BCUT2D eigenvalue weighted by Crippen LogP contribution is -2.03. The van der Waals surface area contributed by atoms with E-state index in [4.69, 9.17) is 16.3 Å². The Labute approximate surface area is 125 Å². The largest absolute Gasteiger partial charge is 0.494 e. The first-order valence-electron chi connectivity index (χ1n) is 5.83. The van der Waals surface area contributed by atoms with Crippen LogP contribution in [0.15, 0.2) is 41.0 Å². The Morgan fingerprint density at radius 2 is 2.16 bits per heavy atom. The average Bonchev–Trinajstić information content (AvgIpc) is 2.39. The van der Waals surface area contributed by atoms with Gasteiger partial charge in [-0.3, -0.25) is 4.98 Å². The van der Waals surface area contributed by atoms with Crippen molar-refractivity contribution in [3.8, 4) is 5.75 Å². The highest BCUT2D eigenvalue weighted by molar-refractivity contribution is 9.10. The van der Waals surface area contributed by atoms with E-state index in [1.807, 2.05) is 13.0 Å². The smallest absolute Gasteiger partial charge is 0.122 e. The molecule has 0 radical (unpaired) electrons. The maximum Gasteiger partial charge on any atom is 0.122 e. The minimum absolute atomic E-state index is 0.461. The van der Waals surface area contributed by atoms with Gasteiger partial charge in [0.15, 0.2) is 0 Å². The molecule has 0 saturated carbocycles. The maximum absolute atomic E-state index is 10.3. The monoisotopic (exact) mass is 341 g/mol. The van der Waals surface area contributed by atoms with Gasteiger partial charge in [0.05, 0.1) is 17.3 Å². The molecule has 1 aromatic heterocycles. The van der Waals surface area contributed by atoms with E-state index in [-0.39, 0.29) is 0 Å². The van der Waals surface area contributed by atoms with Crippen LogP contribution in [0.1, 0.15) is 24.3 Å². The molecule has 0 bridgehead atoms. The number of aromatic nitrogens is 1. The van der Waals surface area contributed by atoms with E-state index in [1.165, 1.54) is 0 Å². The van der Waals surface area contributed by atoms with E-state index in [9.17, 15) is 5.11 Å². The highest BCUT2D eigenvalue weighted by atomic mass is 79.9. The van der Waals surface area contributed by atoms with Gasteiger partial charge in [-0.25, -0.2) is 0 Å². The molecule has 1 N–H and O–H groups in total. The maximum atomic E-state index is 10.3. The lowest BCUT2D eigenvalue weighted by Gasteiger charge is -2.13. The number of hydrogen-bond acceptors (Lipinski definition) is 3. The quantitative estimate of drug-likeness (QED) is 0.914. The third-order valence-corrected chi connectivity index (χ3v) is 3.40. The van der Waals surface area contributed by atoms with Crippen molar-refractivity contribution >= 4 is 27.5 Å². The first-order chi connectivity index (χ1) is 9.11. The van der Waals surface area contributed by atoms with Gasteiger partial charge >= 0.3 is 0 Å². The predicted octanol–water partition coefficient (Wildman–Crippen LogP) is 3.98. The summed E-state index contributed by atoms with van der Waals surface area (Å²) in [5.74, 6) is 0.687. The lowest BCUT2D eigenvalue weighted by molar-refractivity contribution is 0.215. The highest BCUT2D eigenvalue weighted by Crippen LogP contribution is 2.30. The van der Waals surface area contributed by atoms with Crippen LogP contribution in [0.4, 0.5) is 0 Å². The van der Waals surface area contributed by atoms with Crippen molar-refractivity contribution in [2.45, 2.75) is 13.0 Å². The van der Waals surface area contributed by atoms with Crippen molar-refractivity contribution in [3.63, 3.8) is 0 Å². The van der Waals surface area contributed by atoms with Gasteiger partial charge in [-0.1, -0.05) is 17.7 Å². The van der Waals surface area contributed by atoms with Gasteiger partial charge < -0.3 is 9.84 Å². The second kappa shape index (κ2) is 6.37. The first-order valence-corrected chi connectivity index (χ1v) is 7.00. The Hall–Kier alpha value is -1.10. The number of benzene rings is 1. The third kappa shape index (κ3) is 3.47. The van der Waals surface area contributed by atoms with Gasteiger partial charge in [-0.2, -0.15) is 0 Å². The molecule has 1 aromatic carbocycles. The van der Waals surface area contributed by atoms with E-state index in [0.29, 0.717) is 28.6 Å². The van der Waals surface area contributed by atoms with E-state index in [0.717, 1.165) is 4.47 Å². The minimum atomic E-state index is -0.851. The molecule has 3 nitrogen and oxygen atoms in total. The van der Waals surface area contributed by atoms with Crippen LogP contribution in [0, 0.1) is 0 Å². The van der Waals surface area contributed by atoms with E-state index in [2.05, 4.69) is 20.9 Å². The molecule has 1 heterocycles. The van der Waals surface area contributed by atoms with Crippen LogP contribution in [0.2, 0.25) is 5.02 Å². The van der Waals surface area contributed by atoms with Gasteiger partial charge in [-0.15, -0.1) is 0 Å². The van der Waals surface area contributed by atoms with Crippen molar-refractivity contribution in [3.05, 3.63) is 57.3 Å². The molecule has 19 heavy (non-hydrogen) atoms. The van der Waals surface area contributed by atoms with E-state index < -0.39 is 6.10 Å². The number of pyridine rings is 1. The fourth-order valence-electron chi connectivity index (χ4n) is 1.69. The van der Waals surface area contributed by atoms with Gasteiger partial charge in [0.2, 0.25) is 0 Å². The number of ether oxygens (including phenoxy) is 1. The van der Waals surface area contributed by atoms with Crippen molar-refractivity contribution in [1.82, 2.24) is 4.98 Å². The summed E-state index contributed by atoms with van der Waals surface area (Å²) in [4.78, 5) is 4.17. The molecule has 100 valence electrons. The van der Waals surface area contributed by atoms with Crippen LogP contribution >= 0.6 is 27.5 Å². The van der Waals surface area contributed by atoms with Gasteiger partial charge in [-0.05, 0) is 47.1 Å². The molecule has 0 spiro atoms. The van der Waals surface area contributed by atoms with Crippen LogP contribution in [-0.2, 0) is 0 Å². The molecule has 0 saturated heterocycles. The summed E-state index contributed by atoms with van der Waals surface area (Å²) in [7, 11) is 0. The van der Waals surface area contributed by atoms with Gasteiger partial charge in [0.1, 0.15) is 11.9 Å². The molecule has 1 atom stereocenters. The highest BCUT2D eigenvalue weighted by Gasteiger charge is 2.15. The number of nitrogens with zero attached hydrogens (tertiary/aromatic N) is 1. The summed E-state index contributed by atoms with van der Waals surface area (Å²) in [6.07, 6.45) is 0.789. The van der Waals surface area contributed by atoms with Crippen LogP contribution < -0.4 is 4.74 Å². The van der Waals surface area contributed by atoms with Crippen LogP contribution in [-0.4, -0.2) is 16.7 Å². The van der Waals surface area contributed by atoms with E-state index in [1.54, 1.807) is 30.5 Å². The number of aliphatic hydroxyl groups excluding tert-OH is 1. The zero-order valence-electron chi connectivity index (χ0n) is 10.3. The summed E-state index contributed by atoms with van der Waals surface area (Å²) >= 11 is 9.47. The van der Waals surface area contributed by atoms with Gasteiger partial charge in [0, 0.05) is 16.2 Å². The van der Waals surface area contributed by atoms with Crippen molar-refractivity contribution in [1.29, 1.82) is 0 Å². The normalized spacial score (nSPS) is 12.2. The van der Waals surface area contributed by atoms with Gasteiger partial charge in [0.25, 0.3) is 0 Å². The van der Waals surface area contributed by atoms with Crippen LogP contribution in [0.3, 0.4) is 0 Å². The molecule has 0 amide bonds. The second-order valence-corrected chi connectivity index (χ2v) is 5.24. The Balaban J connectivity index is 2.28. The number of halogens is 2. The molecule has 5 heteroatoms. The molecule has 0 aliphatic carbocycles. The summed E-state index contributed by atoms with van der Waals surface area (Å²) in [5.41, 5.74) is 1.16. The zero-order valence-corrected chi connectivity index (χ0v) is 12.6. The topological polar surface area (TPSA) is 42.4 Å². The van der Waals surface area contributed by atoms with Crippen LogP contribution in [0.5, 0.6) is 5.75 Å². The summed E-state index contributed by atoms with van der Waals surface area (Å²) in [6.45, 7) is 2.48. The molecule has 2 rings (SSSR count). The Bertz CT molecular complexity index is 560. The zero-order chi connectivity index (χ0) is 13.8. The Morgan fingerprint density at radius 1 is 1.37 bits per heavy atom. The second-order valence-electron chi connectivity index (χ2n) is 3.92. The number of rotatable bonds is 4. The summed E-state index contributed by atoms with van der Waals surface area (Å²) in [5, 5.41) is 10.7. The molecule has 0 aliphatic heterocycles. The predicted molar refractivity (Wildman–Crippen MR) is 78.6 cm³/mol. The SMILES string of the molecule is CCOc1ccc(C(O)c2ccc(Br)cn2)c(Cl)c1. The standard InChI is InChI=1S/C14H13BrClNO2/c1-2-19-10-4-5-11(12(16)7-10)14(18)13-6-3-9(15)8-17-13/h3-8,14,18H,2H2,1H3.